The van der Waals surface area contributed by atoms with Crippen LogP contribution in [0.2, 0.25) is 5.02 Å². The molecule has 0 bridgehead atoms. The molecular weight excluding hydrogens is 326 g/mol. The van der Waals surface area contributed by atoms with E-state index in [4.69, 9.17) is 16.7 Å². The van der Waals surface area contributed by atoms with Crippen LogP contribution in [0, 0.1) is 0 Å². The molecule has 0 aromatic heterocycles. The highest BCUT2D eigenvalue weighted by Gasteiger charge is 2.26. The third kappa shape index (κ3) is 4.07. The Bertz CT molecular complexity index is 745. The summed E-state index contributed by atoms with van der Waals surface area (Å²) in [5.74, 6) is -1.21. The van der Waals surface area contributed by atoms with Crippen LogP contribution in [-0.2, 0) is 21.4 Å². The Morgan fingerprint density at radius 3 is 2.18 bits per heavy atom. The number of sulfonamides is 1. The SMILES string of the molecule is O=C(O)CN(Cc1ccc(Cl)cc1)S(=O)(=O)c1ccccc1. The van der Waals surface area contributed by atoms with Gasteiger partial charge in [-0.15, -0.1) is 0 Å². The molecule has 0 amide bonds. The van der Waals surface area contributed by atoms with Crippen molar-refractivity contribution in [1.82, 2.24) is 4.31 Å². The van der Waals surface area contributed by atoms with Crippen LogP contribution in [-0.4, -0.2) is 30.3 Å². The largest absolute Gasteiger partial charge is 0.480 e. The van der Waals surface area contributed by atoms with E-state index >= 15 is 0 Å². The number of nitrogens with zero attached hydrogens (tertiary/aromatic N) is 1. The van der Waals surface area contributed by atoms with E-state index in [2.05, 4.69) is 0 Å². The van der Waals surface area contributed by atoms with Crippen molar-refractivity contribution in [1.29, 1.82) is 0 Å². The molecule has 0 unspecified atom stereocenters. The van der Waals surface area contributed by atoms with Crippen molar-refractivity contribution in [3.8, 4) is 0 Å². The summed E-state index contributed by atoms with van der Waals surface area (Å²) in [5, 5.41) is 9.52. The van der Waals surface area contributed by atoms with Crippen LogP contribution >= 0.6 is 11.6 Å². The highest BCUT2D eigenvalue weighted by Crippen LogP contribution is 2.19. The third-order valence-corrected chi connectivity index (χ3v) is 5.02. The Morgan fingerprint density at radius 2 is 1.64 bits per heavy atom. The molecule has 0 saturated heterocycles. The van der Waals surface area contributed by atoms with E-state index in [1.807, 2.05) is 0 Å². The average Bonchev–Trinajstić information content (AvgIpc) is 2.49. The zero-order valence-corrected chi connectivity index (χ0v) is 13.1. The van der Waals surface area contributed by atoms with Gasteiger partial charge in [0.15, 0.2) is 0 Å². The number of carboxylic acid groups (broad SMARTS) is 1. The van der Waals surface area contributed by atoms with Crippen molar-refractivity contribution in [3.05, 3.63) is 65.2 Å². The molecule has 1 N–H and O–H groups in total. The fraction of sp³-hybridized carbons (Fsp3) is 0.133. The Labute approximate surface area is 133 Å². The predicted octanol–water partition coefficient (Wildman–Crippen LogP) is 2.62. The predicted molar refractivity (Wildman–Crippen MR) is 83.1 cm³/mol. The van der Waals surface area contributed by atoms with Gasteiger partial charge in [-0.05, 0) is 29.8 Å². The molecule has 2 aromatic rings. The third-order valence-electron chi connectivity index (χ3n) is 2.96. The van der Waals surface area contributed by atoms with Gasteiger partial charge in [0, 0.05) is 11.6 Å². The first kappa shape index (κ1) is 16.5. The summed E-state index contributed by atoms with van der Waals surface area (Å²) in [6.07, 6.45) is 0. The van der Waals surface area contributed by atoms with Crippen LogP contribution in [0.5, 0.6) is 0 Å². The van der Waals surface area contributed by atoms with E-state index in [0.717, 1.165) is 4.31 Å². The normalized spacial score (nSPS) is 11.5. The molecule has 7 heteroatoms. The number of rotatable bonds is 6. The average molecular weight is 340 g/mol. The van der Waals surface area contributed by atoms with E-state index < -0.39 is 22.5 Å². The molecule has 0 aliphatic carbocycles. The number of hydrogen-bond acceptors (Lipinski definition) is 3. The van der Waals surface area contributed by atoms with Gasteiger partial charge in [0.2, 0.25) is 10.0 Å². The van der Waals surface area contributed by atoms with Crippen LogP contribution < -0.4 is 0 Å². The van der Waals surface area contributed by atoms with Gasteiger partial charge < -0.3 is 5.11 Å². The number of aliphatic carboxylic acids is 1. The van der Waals surface area contributed by atoms with E-state index in [0.29, 0.717) is 10.6 Å². The smallest absolute Gasteiger partial charge is 0.318 e. The monoisotopic (exact) mass is 339 g/mol. The van der Waals surface area contributed by atoms with Gasteiger partial charge in [-0.25, -0.2) is 8.42 Å². The molecule has 0 heterocycles. The first-order chi connectivity index (χ1) is 10.4. The van der Waals surface area contributed by atoms with Crippen molar-refractivity contribution < 1.29 is 18.3 Å². The summed E-state index contributed by atoms with van der Waals surface area (Å²) in [6.45, 7) is -0.652. The Hall–Kier alpha value is -1.89. The van der Waals surface area contributed by atoms with Gasteiger partial charge >= 0.3 is 5.97 Å². The molecule has 0 atom stereocenters. The van der Waals surface area contributed by atoms with Crippen LogP contribution in [0.3, 0.4) is 0 Å². The van der Waals surface area contributed by atoms with Crippen molar-refractivity contribution >= 4 is 27.6 Å². The lowest BCUT2D eigenvalue weighted by Gasteiger charge is -2.20. The maximum atomic E-state index is 12.6. The molecular formula is C15H14ClNO4S. The van der Waals surface area contributed by atoms with Gasteiger partial charge in [0.05, 0.1) is 4.90 Å². The van der Waals surface area contributed by atoms with E-state index in [-0.39, 0.29) is 11.4 Å². The molecule has 0 saturated carbocycles. The molecule has 2 aromatic carbocycles. The minimum atomic E-state index is -3.88. The quantitative estimate of drug-likeness (QED) is 0.877. The fourth-order valence-electron chi connectivity index (χ4n) is 1.91. The van der Waals surface area contributed by atoms with Gasteiger partial charge in [-0.3, -0.25) is 4.79 Å². The maximum absolute atomic E-state index is 12.6. The lowest BCUT2D eigenvalue weighted by atomic mass is 10.2. The number of hydrogen-bond donors (Lipinski definition) is 1. The first-order valence-corrected chi connectivity index (χ1v) is 8.23. The molecule has 0 aliphatic heterocycles. The molecule has 0 radical (unpaired) electrons. The zero-order chi connectivity index (χ0) is 16.2. The highest BCUT2D eigenvalue weighted by atomic mass is 35.5. The highest BCUT2D eigenvalue weighted by molar-refractivity contribution is 7.89. The lowest BCUT2D eigenvalue weighted by molar-refractivity contribution is -0.137. The topological polar surface area (TPSA) is 74.7 Å². The summed E-state index contributed by atoms with van der Waals surface area (Å²) in [6, 6.07) is 14.3. The van der Waals surface area contributed by atoms with Crippen LogP contribution in [0.4, 0.5) is 0 Å². The molecule has 0 spiro atoms. The Morgan fingerprint density at radius 1 is 1.05 bits per heavy atom. The van der Waals surface area contributed by atoms with E-state index in [9.17, 15) is 13.2 Å². The molecule has 22 heavy (non-hydrogen) atoms. The van der Waals surface area contributed by atoms with Gasteiger partial charge in [0.1, 0.15) is 6.54 Å². The van der Waals surface area contributed by atoms with Crippen molar-refractivity contribution in [3.63, 3.8) is 0 Å². The summed E-state index contributed by atoms with van der Waals surface area (Å²) in [7, 11) is -3.88. The Balaban J connectivity index is 2.33. The second-order valence-electron chi connectivity index (χ2n) is 4.61. The number of benzene rings is 2. The van der Waals surface area contributed by atoms with E-state index in [1.54, 1.807) is 42.5 Å². The summed E-state index contributed by atoms with van der Waals surface area (Å²) in [4.78, 5) is 11.1. The van der Waals surface area contributed by atoms with Crippen molar-refractivity contribution in [2.75, 3.05) is 6.54 Å². The molecule has 2 rings (SSSR count). The second kappa shape index (κ2) is 6.91. The second-order valence-corrected chi connectivity index (χ2v) is 6.98. The van der Waals surface area contributed by atoms with E-state index in [1.165, 1.54) is 12.1 Å². The molecule has 0 aliphatic rings. The summed E-state index contributed by atoms with van der Waals surface area (Å²) in [5.41, 5.74) is 0.658. The minimum absolute atomic E-state index is 0.0410. The Kier molecular flexibility index (Phi) is 5.18. The standard InChI is InChI=1S/C15H14ClNO4S/c16-13-8-6-12(7-9-13)10-17(11-15(18)19)22(20,21)14-4-2-1-3-5-14/h1-9H,10-11H2,(H,18,19). The summed E-state index contributed by atoms with van der Waals surface area (Å²) >= 11 is 5.79. The number of carboxylic acids is 1. The van der Waals surface area contributed by atoms with Gasteiger partial charge in [-0.2, -0.15) is 4.31 Å². The zero-order valence-electron chi connectivity index (χ0n) is 11.5. The number of carbonyl (C=O) groups is 1. The van der Waals surface area contributed by atoms with Crippen molar-refractivity contribution in [2.45, 2.75) is 11.4 Å². The minimum Gasteiger partial charge on any atom is -0.480 e. The molecule has 0 fully saturated rings. The summed E-state index contributed by atoms with van der Waals surface area (Å²) < 4.78 is 26.1. The van der Waals surface area contributed by atoms with Crippen molar-refractivity contribution in [2.24, 2.45) is 0 Å². The fourth-order valence-corrected chi connectivity index (χ4v) is 3.44. The van der Waals surface area contributed by atoms with Gasteiger partial charge in [-0.1, -0.05) is 41.9 Å². The molecule has 116 valence electrons. The molecule has 5 nitrogen and oxygen atoms in total. The van der Waals surface area contributed by atoms with Crippen LogP contribution in [0.25, 0.3) is 0 Å². The van der Waals surface area contributed by atoms with Crippen LogP contribution in [0.1, 0.15) is 5.56 Å². The first-order valence-electron chi connectivity index (χ1n) is 6.41. The van der Waals surface area contributed by atoms with Crippen LogP contribution in [0.15, 0.2) is 59.5 Å². The lowest BCUT2D eigenvalue weighted by Crippen LogP contribution is -2.35. The number of halogens is 1. The maximum Gasteiger partial charge on any atom is 0.318 e. The van der Waals surface area contributed by atoms with Gasteiger partial charge in [0.25, 0.3) is 0 Å².